The maximum Gasteiger partial charge on any atom is 0.226 e. The van der Waals surface area contributed by atoms with Gasteiger partial charge in [-0.1, -0.05) is 68.3 Å². The molecule has 1 amide bonds. The Bertz CT molecular complexity index is 1580. The van der Waals surface area contributed by atoms with Crippen LogP contribution in [0.4, 0.5) is 5.69 Å². The van der Waals surface area contributed by atoms with Crippen molar-refractivity contribution in [2.45, 2.75) is 45.8 Å². The van der Waals surface area contributed by atoms with Crippen molar-refractivity contribution >= 4 is 56.5 Å². The van der Waals surface area contributed by atoms with Crippen molar-refractivity contribution < 1.29 is 4.79 Å². The van der Waals surface area contributed by atoms with Crippen molar-refractivity contribution in [1.82, 2.24) is 19.8 Å². The number of hydrogen-bond donors (Lipinski definition) is 2. The number of nitriles is 1. The average molecular weight is 678 g/mol. The molecule has 222 valence electrons. The Balaban J connectivity index is 1.49. The van der Waals surface area contributed by atoms with Crippen molar-refractivity contribution in [3.8, 4) is 6.07 Å². The number of nitrogens with zero attached hydrogens (tertiary/aromatic N) is 4. The fourth-order valence-electron chi connectivity index (χ4n) is 4.66. The second-order valence-corrected chi connectivity index (χ2v) is 12.2. The quantitative estimate of drug-likeness (QED) is 0.155. The molecule has 0 spiro atoms. The highest BCUT2D eigenvalue weighted by Crippen LogP contribution is 2.23. The maximum atomic E-state index is 13.4. The Morgan fingerprint density at radius 1 is 1.14 bits per heavy atom. The molecule has 0 aliphatic rings. The highest BCUT2D eigenvalue weighted by molar-refractivity contribution is 9.10. The highest BCUT2D eigenvalue weighted by atomic mass is 79.9. The van der Waals surface area contributed by atoms with Crippen molar-refractivity contribution in [2.75, 3.05) is 11.9 Å². The molecule has 1 aromatic heterocycles. The van der Waals surface area contributed by atoms with E-state index in [1.165, 1.54) is 0 Å². The van der Waals surface area contributed by atoms with E-state index in [0.717, 1.165) is 33.4 Å². The minimum absolute atomic E-state index is 0.0840. The number of imidazole rings is 1. The van der Waals surface area contributed by atoms with Gasteiger partial charge >= 0.3 is 0 Å². The standard InChI is InChI=1S/C33H34BrClN6OS/c1-3-23(2)31(38-32(42)16-28-18-37-22-41(28)19-25-13-11-24(17-36)12-14-25)21-40(20-26-7-6-8-27(35)15-26)33(43)39-30-10-5-4-9-29(30)34/h4-15,18,22-23,31H,3,16,19-21H2,1-2H3,(H,38,42)(H,39,43)/t23-,31+/m0/s1. The van der Waals surface area contributed by atoms with Gasteiger partial charge < -0.3 is 20.1 Å². The number of para-hydroxylation sites is 1. The smallest absolute Gasteiger partial charge is 0.226 e. The SMILES string of the molecule is CC[C@H](C)[C@@H](CN(Cc1cccc(Cl)c1)C(=S)Nc1ccccc1Br)NC(=O)Cc1cncn1Cc1ccc(C#N)cc1. The normalized spacial score (nSPS) is 12.2. The predicted octanol–water partition coefficient (Wildman–Crippen LogP) is 7.19. The zero-order valence-corrected chi connectivity index (χ0v) is 27.3. The number of rotatable bonds is 12. The van der Waals surface area contributed by atoms with Crippen LogP contribution in [0.1, 0.15) is 42.7 Å². The molecule has 0 bridgehead atoms. The van der Waals surface area contributed by atoms with Crippen LogP contribution >= 0.6 is 39.7 Å². The fourth-order valence-corrected chi connectivity index (χ4v) is 5.51. The Kier molecular flexibility index (Phi) is 11.7. The molecule has 1 heterocycles. The molecule has 3 aromatic carbocycles. The number of carbonyl (C=O) groups is 1. The lowest BCUT2D eigenvalue weighted by molar-refractivity contribution is -0.121. The number of nitrogens with one attached hydrogen (secondary N) is 2. The first-order valence-corrected chi connectivity index (χ1v) is 15.7. The van der Waals surface area contributed by atoms with Crippen molar-refractivity contribution in [3.05, 3.63) is 117 Å². The highest BCUT2D eigenvalue weighted by Gasteiger charge is 2.24. The molecular weight excluding hydrogens is 644 g/mol. The van der Waals surface area contributed by atoms with E-state index in [2.05, 4.69) is 56.4 Å². The molecule has 0 unspecified atom stereocenters. The summed E-state index contributed by atoms with van der Waals surface area (Å²) in [5.74, 6) is 0.111. The summed E-state index contributed by atoms with van der Waals surface area (Å²) in [5, 5.41) is 16.9. The summed E-state index contributed by atoms with van der Waals surface area (Å²) in [4.78, 5) is 19.8. The first-order valence-electron chi connectivity index (χ1n) is 14.1. The largest absolute Gasteiger partial charge is 0.351 e. The summed E-state index contributed by atoms with van der Waals surface area (Å²) in [6, 6.07) is 24.9. The van der Waals surface area contributed by atoms with E-state index < -0.39 is 0 Å². The van der Waals surface area contributed by atoms with Crippen molar-refractivity contribution in [3.63, 3.8) is 0 Å². The topological polar surface area (TPSA) is 86.0 Å². The lowest BCUT2D eigenvalue weighted by Crippen LogP contribution is -2.50. The zero-order valence-electron chi connectivity index (χ0n) is 24.1. The fraction of sp³-hybridized carbons (Fsp3) is 0.273. The van der Waals surface area contributed by atoms with E-state index in [9.17, 15) is 4.79 Å². The molecule has 0 fully saturated rings. The Labute approximate surface area is 272 Å². The summed E-state index contributed by atoms with van der Waals surface area (Å²) < 4.78 is 2.87. The van der Waals surface area contributed by atoms with E-state index in [-0.39, 0.29) is 24.3 Å². The van der Waals surface area contributed by atoms with E-state index in [4.69, 9.17) is 29.1 Å². The van der Waals surface area contributed by atoms with Crippen LogP contribution in [0.2, 0.25) is 5.02 Å². The van der Waals surface area contributed by atoms with Crippen LogP contribution < -0.4 is 10.6 Å². The molecule has 2 N–H and O–H groups in total. The van der Waals surface area contributed by atoms with Crippen LogP contribution in [-0.2, 0) is 24.3 Å². The van der Waals surface area contributed by atoms with E-state index >= 15 is 0 Å². The molecule has 0 aliphatic heterocycles. The number of hydrogen-bond acceptors (Lipinski definition) is 4. The van der Waals surface area contributed by atoms with Gasteiger partial charge in [-0.2, -0.15) is 5.26 Å². The number of aromatic nitrogens is 2. The molecule has 0 saturated heterocycles. The van der Waals surface area contributed by atoms with E-state index in [1.54, 1.807) is 24.7 Å². The third-order valence-electron chi connectivity index (χ3n) is 7.34. The minimum atomic E-state index is -0.162. The molecule has 0 saturated carbocycles. The van der Waals surface area contributed by atoms with Crippen LogP contribution in [-0.4, -0.2) is 38.1 Å². The van der Waals surface area contributed by atoms with E-state index in [1.807, 2.05) is 65.2 Å². The Morgan fingerprint density at radius 2 is 1.91 bits per heavy atom. The molecule has 2 atom stereocenters. The summed E-state index contributed by atoms with van der Waals surface area (Å²) in [6.07, 6.45) is 4.53. The van der Waals surface area contributed by atoms with Crippen molar-refractivity contribution in [2.24, 2.45) is 5.92 Å². The lowest BCUT2D eigenvalue weighted by atomic mass is 9.98. The number of halogens is 2. The van der Waals surface area contributed by atoms with Crippen LogP contribution in [0.5, 0.6) is 0 Å². The molecule has 4 rings (SSSR count). The number of anilines is 1. The van der Waals surface area contributed by atoms with Crippen molar-refractivity contribution in [1.29, 1.82) is 5.26 Å². The van der Waals surface area contributed by atoms with Crippen LogP contribution in [0.15, 0.2) is 89.8 Å². The molecular formula is C33H34BrClN6OS. The van der Waals surface area contributed by atoms with Crippen LogP contribution in [0.3, 0.4) is 0 Å². The van der Waals surface area contributed by atoms with Crippen LogP contribution in [0.25, 0.3) is 0 Å². The van der Waals surface area contributed by atoms with Gasteiger partial charge in [-0.05, 0) is 81.6 Å². The molecule has 0 radical (unpaired) electrons. The Morgan fingerprint density at radius 3 is 2.60 bits per heavy atom. The molecule has 7 nitrogen and oxygen atoms in total. The monoisotopic (exact) mass is 676 g/mol. The first-order chi connectivity index (χ1) is 20.7. The van der Waals surface area contributed by atoms with Gasteiger partial charge in [-0.3, -0.25) is 4.79 Å². The van der Waals surface area contributed by atoms with Gasteiger partial charge in [0.25, 0.3) is 0 Å². The maximum absolute atomic E-state index is 13.4. The first kappa shape index (κ1) is 32.2. The van der Waals surface area contributed by atoms with Gasteiger partial charge in [-0.25, -0.2) is 4.98 Å². The van der Waals surface area contributed by atoms with Gasteiger partial charge in [-0.15, -0.1) is 0 Å². The summed E-state index contributed by atoms with van der Waals surface area (Å²) >= 11 is 15.8. The molecule has 4 aromatic rings. The molecule has 10 heteroatoms. The average Bonchev–Trinajstić information content (AvgIpc) is 3.43. The Hall–Kier alpha value is -3.71. The number of amides is 1. The number of carbonyl (C=O) groups excluding carboxylic acids is 1. The lowest BCUT2D eigenvalue weighted by Gasteiger charge is -2.33. The third kappa shape index (κ3) is 9.39. The van der Waals surface area contributed by atoms with Gasteiger partial charge in [0.2, 0.25) is 5.91 Å². The second-order valence-electron chi connectivity index (χ2n) is 10.5. The van der Waals surface area contributed by atoms with Gasteiger partial charge in [0.15, 0.2) is 5.11 Å². The zero-order chi connectivity index (χ0) is 30.8. The van der Waals surface area contributed by atoms with Gasteiger partial charge in [0.05, 0.1) is 30.1 Å². The number of thiocarbonyl (C=S) groups is 1. The second kappa shape index (κ2) is 15.7. The third-order valence-corrected chi connectivity index (χ3v) is 8.62. The summed E-state index contributed by atoms with van der Waals surface area (Å²) in [5.41, 5.74) is 4.33. The van der Waals surface area contributed by atoms with E-state index in [0.29, 0.717) is 35.3 Å². The van der Waals surface area contributed by atoms with Crippen LogP contribution in [0, 0.1) is 17.2 Å². The number of benzene rings is 3. The minimum Gasteiger partial charge on any atom is -0.351 e. The van der Waals surface area contributed by atoms with Gasteiger partial charge in [0.1, 0.15) is 0 Å². The molecule has 43 heavy (non-hydrogen) atoms. The van der Waals surface area contributed by atoms with Gasteiger partial charge in [0, 0.05) is 47.1 Å². The molecule has 0 aliphatic carbocycles. The summed E-state index contributed by atoms with van der Waals surface area (Å²) in [7, 11) is 0. The predicted molar refractivity (Wildman–Crippen MR) is 180 cm³/mol. The summed E-state index contributed by atoms with van der Waals surface area (Å²) in [6.45, 7) is 5.86.